The van der Waals surface area contributed by atoms with Gasteiger partial charge in [0.2, 0.25) is 5.95 Å². The van der Waals surface area contributed by atoms with Crippen molar-refractivity contribution >= 4 is 27.7 Å². The molecule has 0 bridgehead atoms. The average molecular weight is 682 g/mol. The first-order valence-corrected chi connectivity index (χ1v) is 16.0. The van der Waals surface area contributed by atoms with Gasteiger partial charge in [0.05, 0.1) is 23.0 Å². The van der Waals surface area contributed by atoms with E-state index in [0.29, 0.717) is 43.3 Å². The number of amides is 1. The summed E-state index contributed by atoms with van der Waals surface area (Å²) in [5, 5.41) is 7.26. The first-order valence-electron chi connectivity index (χ1n) is 14.1. The van der Waals surface area contributed by atoms with E-state index >= 15 is 0 Å². The van der Waals surface area contributed by atoms with E-state index in [1.165, 1.54) is 17.3 Å². The van der Waals surface area contributed by atoms with E-state index in [1.54, 1.807) is 24.0 Å². The Labute approximate surface area is 265 Å². The van der Waals surface area contributed by atoms with Crippen LogP contribution in [0.2, 0.25) is 0 Å². The Bertz CT molecular complexity index is 1830. The molecule has 1 N–H and O–H groups in total. The Balaban J connectivity index is 1.34. The molecular formula is C28H28F5N9O4S. The van der Waals surface area contributed by atoms with Crippen LogP contribution in [0.25, 0.3) is 22.6 Å². The number of carbonyl (C=O) groups is 1. The van der Waals surface area contributed by atoms with Crippen molar-refractivity contribution in [1.82, 2.24) is 34.7 Å². The number of halogens is 5. The largest absolute Gasteiger partial charge is 0.443 e. The van der Waals surface area contributed by atoms with Gasteiger partial charge in [-0.3, -0.25) is 14.6 Å². The standard InChI is InChI=1S/C28H28F5N9O4S/c1-41-8-7-21(40-41)22-13-36-24(14-35-22)42(27(43)46-15-23(29)30)18-5-3-17(4-6-18)38-26-37-12-20(28(31,32)33)25(39-26)16-9-19(11-34-10-16)47(2,44)45/h7-14,17-18,23H,3-6,15H2,1-2H3,(H,37,38,39)/t17-,18-. The third kappa shape index (κ3) is 8.13. The Morgan fingerprint density at radius 2 is 1.81 bits per heavy atom. The molecule has 1 aliphatic rings. The molecule has 250 valence electrons. The van der Waals surface area contributed by atoms with Crippen LogP contribution < -0.4 is 10.2 Å². The second kappa shape index (κ2) is 13.5. The lowest BCUT2D eigenvalue weighted by Gasteiger charge is -2.35. The lowest BCUT2D eigenvalue weighted by atomic mass is 9.90. The molecule has 5 rings (SSSR count). The molecule has 1 saturated carbocycles. The number of rotatable bonds is 9. The monoisotopic (exact) mass is 681 g/mol. The summed E-state index contributed by atoms with van der Waals surface area (Å²) in [5.74, 6) is -0.0496. The summed E-state index contributed by atoms with van der Waals surface area (Å²) in [4.78, 5) is 34.2. The van der Waals surface area contributed by atoms with Gasteiger partial charge in [-0.05, 0) is 37.8 Å². The zero-order chi connectivity index (χ0) is 33.9. The van der Waals surface area contributed by atoms with E-state index in [-0.39, 0.29) is 28.3 Å². The van der Waals surface area contributed by atoms with Crippen molar-refractivity contribution in [2.75, 3.05) is 23.1 Å². The van der Waals surface area contributed by atoms with Crippen molar-refractivity contribution in [3.05, 3.63) is 54.9 Å². The molecule has 0 radical (unpaired) electrons. The molecular weight excluding hydrogens is 653 g/mol. The first-order chi connectivity index (χ1) is 22.2. The van der Waals surface area contributed by atoms with Crippen molar-refractivity contribution in [1.29, 1.82) is 0 Å². The highest BCUT2D eigenvalue weighted by Crippen LogP contribution is 2.37. The summed E-state index contributed by atoms with van der Waals surface area (Å²) in [6, 6.07) is 1.91. The van der Waals surface area contributed by atoms with Crippen molar-refractivity contribution < 1.29 is 39.9 Å². The Morgan fingerprint density at radius 3 is 2.40 bits per heavy atom. The van der Waals surface area contributed by atoms with Crippen molar-refractivity contribution in [3.8, 4) is 22.6 Å². The van der Waals surface area contributed by atoms with Crippen LogP contribution in [0, 0.1) is 0 Å². The van der Waals surface area contributed by atoms with Gasteiger partial charge in [0.15, 0.2) is 22.3 Å². The highest BCUT2D eigenvalue weighted by molar-refractivity contribution is 7.90. The number of hydrogen-bond donors (Lipinski definition) is 1. The van der Waals surface area contributed by atoms with E-state index in [0.717, 1.165) is 24.7 Å². The van der Waals surface area contributed by atoms with E-state index < -0.39 is 52.4 Å². The van der Waals surface area contributed by atoms with E-state index in [1.807, 2.05) is 0 Å². The fourth-order valence-electron chi connectivity index (χ4n) is 5.05. The van der Waals surface area contributed by atoms with E-state index in [4.69, 9.17) is 4.74 Å². The van der Waals surface area contributed by atoms with Gasteiger partial charge in [-0.1, -0.05) is 0 Å². The molecule has 0 atom stereocenters. The molecule has 1 amide bonds. The molecule has 1 fully saturated rings. The summed E-state index contributed by atoms with van der Waals surface area (Å²) in [6.45, 7) is -1.11. The number of nitrogens with one attached hydrogen (secondary N) is 1. The van der Waals surface area contributed by atoms with E-state index in [9.17, 15) is 35.2 Å². The summed E-state index contributed by atoms with van der Waals surface area (Å²) >= 11 is 0. The Hall–Kier alpha value is -4.81. The number of alkyl halides is 5. The highest BCUT2D eigenvalue weighted by atomic mass is 32.2. The number of hydrogen-bond acceptors (Lipinski definition) is 11. The predicted molar refractivity (Wildman–Crippen MR) is 157 cm³/mol. The van der Waals surface area contributed by atoms with Gasteiger partial charge in [0.25, 0.3) is 6.43 Å². The first kappa shape index (κ1) is 33.6. The van der Waals surface area contributed by atoms with Crippen LogP contribution in [0.1, 0.15) is 31.2 Å². The maximum absolute atomic E-state index is 13.9. The Morgan fingerprint density at radius 1 is 1.06 bits per heavy atom. The predicted octanol–water partition coefficient (Wildman–Crippen LogP) is 4.78. The molecule has 13 nitrogen and oxygen atoms in total. The summed E-state index contributed by atoms with van der Waals surface area (Å²) < 4.78 is 97.7. The molecule has 4 heterocycles. The SMILES string of the molecule is Cn1ccc(-c2cnc(N(C(=O)OCC(F)F)[C@H]3CC[C@H](Nc4ncc(C(F)(F)F)c(-c5cncc(S(C)(=O)=O)c5)n4)CC3)cn2)n1. The normalized spacial score (nSPS) is 17.0. The Kier molecular flexibility index (Phi) is 9.64. The molecule has 0 spiro atoms. The molecule has 1 aliphatic carbocycles. The van der Waals surface area contributed by atoms with Crippen LogP contribution in [-0.2, 0) is 27.8 Å². The minimum atomic E-state index is -4.84. The van der Waals surface area contributed by atoms with Gasteiger partial charge in [0.1, 0.15) is 17.0 Å². The number of carbonyl (C=O) groups excluding carboxylic acids is 1. The maximum Gasteiger partial charge on any atom is 0.419 e. The van der Waals surface area contributed by atoms with Crippen LogP contribution >= 0.6 is 0 Å². The fraction of sp³-hybridized carbons (Fsp3) is 0.393. The van der Waals surface area contributed by atoms with E-state index in [2.05, 4.69) is 35.3 Å². The number of aromatic nitrogens is 7. The summed E-state index contributed by atoms with van der Waals surface area (Å²) in [7, 11) is -2.03. The van der Waals surface area contributed by atoms with Gasteiger partial charge < -0.3 is 10.1 Å². The number of aryl methyl sites for hydroxylation is 1. The smallest absolute Gasteiger partial charge is 0.419 e. The number of pyridine rings is 1. The molecule has 0 saturated heterocycles. The van der Waals surface area contributed by atoms with Crippen LogP contribution in [0.5, 0.6) is 0 Å². The minimum Gasteiger partial charge on any atom is -0.443 e. The van der Waals surface area contributed by atoms with Crippen LogP contribution in [0.3, 0.4) is 0 Å². The van der Waals surface area contributed by atoms with Crippen molar-refractivity contribution in [3.63, 3.8) is 0 Å². The molecule has 0 unspecified atom stereocenters. The second-order valence-corrected chi connectivity index (χ2v) is 12.8. The third-order valence-corrected chi connectivity index (χ3v) is 8.37. The highest BCUT2D eigenvalue weighted by Gasteiger charge is 2.37. The number of sulfone groups is 1. The topological polar surface area (TPSA) is 158 Å². The second-order valence-electron chi connectivity index (χ2n) is 10.8. The maximum atomic E-state index is 13.9. The average Bonchev–Trinajstić information content (AvgIpc) is 3.46. The van der Waals surface area contributed by atoms with Crippen molar-refractivity contribution in [2.24, 2.45) is 7.05 Å². The van der Waals surface area contributed by atoms with Crippen LogP contribution in [-0.4, -0.2) is 80.6 Å². The van der Waals surface area contributed by atoms with Crippen LogP contribution in [0.4, 0.5) is 38.5 Å². The number of anilines is 2. The van der Waals surface area contributed by atoms with Gasteiger partial charge >= 0.3 is 12.3 Å². The molecule has 0 aliphatic heterocycles. The third-order valence-electron chi connectivity index (χ3n) is 7.29. The fourth-order valence-corrected chi connectivity index (χ4v) is 5.65. The quantitative estimate of drug-likeness (QED) is 0.242. The molecule has 4 aromatic heterocycles. The lowest BCUT2D eigenvalue weighted by molar-refractivity contribution is -0.137. The zero-order valence-electron chi connectivity index (χ0n) is 24.9. The van der Waals surface area contributed by atoms with Crippen molar-refractivity contribution in [2.45, 2.75) is 55.3 Å². The van der Waals surface area contributed by atoms with Gasteiger partial charge in [-0.25, -0.2) is 41.9 Å². The lowest BCUT2D eigenvalue weighted by Crippen LogP contribution is -2.45. The molecule has 0 aromatic carbocycles. The molecule has 4 aromatic rings. The summed E-state index contributed by atoms with van der Waals surface area (Å²) in [6.07, 6.45) is 0.749. The molecule has 19 heteroatoms. The summed E-state index contributed by atoms with van der Waals surface area (Å²) in [5.41, 5.74) is -0.923. The van der Waals surface area contributed by atoms with Crippen LogP contribution in [0.15, 0.2) is 54.2 Å². The minimum absolute atomic E-state index is 0.0843. The number of nitrogens with zero attached hydrogens (tertiary/aromatic N) is 8. The zero-order valence-corrected chi connectivity index (χ0v) is 25.7. The number of ether oxygens (including phenoxy) is 1. The van der Waals surface area contributed by atoms with Gasteiger partial charge in [-0.2, -0.15) is 18.3 Å². The van der Waals surface area contributed by atoms with Gasteiger partial charge in [0, 0.05) is 55.7 Å². The van der Waals surface area contributed by atoms with Gasteiger partial charge in [-0.15, -0.1) is 0 Å². The molecule has 47 heavy (non-hydrogen) atoms.